The number of carbonyl (C=O) groups excluding carboxylic acids is 1. The first-order chi connectivity index (χ1) is 8.95. The van der Waals surface area contributed by atoms with Gasteiger partial charge in [0.05, 0.1) is 17.4 Å². The van der Waals surface area contributed by atoms with E-state index in [0.29, 0.717) is 6.07 Å². The Morgan fingerprint density at radius 3 is 2.47 bits per heavy atom. The van der Waals surface area contributed by atoms with Crippen molar-refractivity contribution in [1.29, 1.82) is 0 Å². The standard InChI is InChI=1S/C12H8ClF2N3O/c13-11-4-9(10(16)5-17-11)12(19)18-8-2-6(14)1-7(15)3-8/h1-5H,16H2,(H,18,19). The van der Waals surface area contributed by atoms with E-state index >= 15 is 0 Å². The number of pyridine rings is 1. The average molecular weight is 284 g/mol. The molecule has 2 aromatic rings. The number of amides is 1. The van der Waals surface area contributed by atoms with Gasteiger partial charge >= 0.3 is 0 Å². The molecule has 0 unspecified atom stereocenters. The molecule has 1 aromatic heterocycles. The molecule has 0 saturated carbocycles. The molecule has 0 aliphatic rings. The van der Waals surface area contributed by atoms with Crippen LogP contribution in [0, 0.1) is 11.6 Å². The first-order valence-electron chi connectivity index (χ1n) is 5.14. The third kappa shape index (κ3) is 3.17. The SMILES string of the molecule is Nc1cnc(Cl)cc1C(=O)Nc1cc(F)cc(F)c1. The van der Waals surface area contributed by atoms with E-state index in [4.69, 9.17) is 17.3 Å². The van der Waals surface area contributed by atoms with E-state index in [1.54, 1.807) is 0 Å². The molecule has 98 valence electrons. The molecule has 1 amide bonds. The molecule has 1 heterocycles. The number of nitrogens with zero attached hydrogens (tertiary/aromatic N) is 1. The van der Waals surface area contributed by atoms with Crippen molar-refractivity contribution in [3.05, 3.63) is 52.8 Å². The maximum Gasteiger partial charge on any atom is 0.257 e. The Morgan fingerprint density at radius 1 is 1.21 bits per heavy atom. The van der Waals surface area contributed by atoms with Crippen LogP contribution in [0.2, 0.25) is 5.15 Å². The van der Waals surface area contributed by atoms with E-state index in [-0.39, 0.29) is 22.1 Å². The van der Waals surface area contributed by atoms with Gasteiger partial charge in [0, 0.05) is 11.8 Å². The quantitative estimate of drug-likeness (QED) is 0.833. The summed E-state index contributed by atoms with van der Waals surface area (Å²) < 4.78 is 26.0. The first-order valence-corrected chi connectivity index (χ1v) is 5.52. The molecule has 0 saturated heterocycles. The Kier molecular flexibility index (Phi) is 3.62. The summed E-state index contributed by atoms with van der Waals surface area (Å²) in [5, 5.41) is 2.41. The van der Waals surface area contributed by atoms with Crippen LogP contribution < -0.4 is 11.1 Å². The van der Waals surface area contributed by atoms with Gasteiger partial charge in [0.2, 0.25) is 0 Å². The molecule has 0 spiro atoms. The molecule has 0 aliphatic heterocycles. The fourth-order valence-electron chi connectivity index (χ4n) is 1.46. The minimum Gasteiger partial charge on any atom is -0.397 e. The van der Waals surface area contributed by atoms with Crippen molar-refractivity contribution in [3.8, 4) is 0 Å². The van der Waals surface area contributed by atoms with Gasteiger partial charge in [-0.2, -0.15) is 0 Å². The lowest BCUT2D eigenvalue weighted by molar-refractivity contribution is 0.102. The van der Waals surface area contributed by atoms with Gasteiger partial charge in [-0.25, -0.2) is 13.8 Å². The zero-order chi connectivity index (χ0) is 14.0. The van der Waals surface area contributed by atoms with Crippen molar-refractivity contribution in [1.82, 2.24) is 4.98 Å². The number of benzene rings is 1. The van der Waals surface area contributed by atoms with E-state index in [0.717, 1.165) is 12.1 Å². The molecule has 1 aromatic carbocycles. The first kappa shape index (κ1) is 13.2. The molecular formula is C12H8ClF2N3O. The van der Waals surface area contributed by atoms with Crippen LogP contribution in [0.15, 0.2) is 30.5 Å². The highest BCUT2D eigenvalue weighted by Gasteiger charge is 2.12. The summed E-state index contributed by atoms with van der Waals surface area (Å²) in [6.07, 6.45) is 1.23. The maximum absolute atomic E-state index is 13.0. The van der Waals surface area contributed by atoms with Crippen LogP contribution >= 0.6 is 11.6 Å². The van der Waals surface area contributed by atoms with E-state index < -0.39 is 17.5 Å². The molecule has 0 radical (unpaired) electrons. The maximum atomic E-state index is 13.0. The number of hydrogen-bond acceptors (Lipinski definition) is 3. The van der Waals surface area contributed by atoms with E-state index in [2.05, 4.69) is 10.3 Å². The van der Waals surface area contributed by atoms with E-state index in [1.807, 2.05) is 0 Å². The predicted octanol–water partition coefficient (Wildman–Crippen LogP) is 2.85. The number of nitrogens with one attached hydrogen (secondary N) is 1. The number of hydrogen-bond donors (Lipinski definition) is 2. The second kappa shape index (κ2) is 5.19. The molecule has 3 N–H and O–H groups in total. The molecule has 0 fully saturated rings. The zero-order valence-electron chi connectivity index (χ0n) is 9.45. The van der Waals surface area contributed by atoms with Crippen molar-refractivity contribution in [2.75, 3.05) is 11.1 Å². The van der Waals surface area contributed by atoms with Crippen LogP contribution in [-0.4, -0.2) is 10.9 Å². The van der Waals surface area contributed by atoms with Gasteiger partial charge in [0.1, 0.15) is 16.8 Å². The lowest BCUT2D eigenvalue weighted by atomic mass is 10.2. The molecule has 0 atom stereocenters. The number of rotatable bonds is 2. The Morgan fingerprint density at radius 2 is 1.84 bits per heavy atom. The Bertz CT molecular complexity index is 629. The summed E-state index contributed by atoms with van der Waals surface area (Å²) in [4.78, 5) is 15.6. The molecule has 0 bridgehead atoms. The largest absolute Gasteiger partial charge is 0.397 e. The van der Waals surface area contributed by atoms with Gasteiger partial charge in [0.15, 0.2) is 0 Å². The van der Waals surface area contributed by atoms with Crippen LogP contribution in [0.4, 0.5) is 20.2 Å². The molecule has 4 nitrogen and oxygen atoms in total. The second-order valence-electron chi connectivity index (χ2n) is 3.71. The molecule has 2 rings (SSSR count). The van der Waals surface area contributed by atoms with Crippen LogP contribution in [0.5, 0.6) is 0 Å². The second-order valence-corrected chi connectivity index (χ2v) is 4.09. The number of nitrogen functional groups attached to an aromatic ring is 1. The third-order valence-electron chi connectivity index (χ3n) is 2.27. The number of halogens is 3. The number of nitrogens with two attached hydrogens (primary N) is 1. The smallest absolute Gasteiger partial charge is 0.257 e. The van der Waals surface area contributed by atoms with Gasteiger partial charge in [-0.3, -0.25) is 4.79 Å². The van der Waals surface area contributed by atoms with E-state index in [9.17, 15) is 13.6 Å². The zero-order valence-corrected chi connectivity index (χ0v) is 10.2. The fourth-order valence-corrected chi connectivity index (χ4v) is 1.62. The van der Waals surface area contributed by atoms with Crippen molar-refractivity contribution < 1.29 is 13.6 Å². The van der Waals surface area contributed by atoms with Crippen LogP contribution in [0.3, 0.4) is 0 Å². The third-order valence-corrected chi connectivity index (χ3v) is 2.47. The molecular weight excluding hydrogens is 276 g/mol. The summed E-state index contributed by atoms with van der Waals surface area (Å²) in [6.45, 7) is 0. The Labute approximate surface area is 112 Å². The van der Waals surface area contributed by atoms with Crippen LogP contribution in [0.25, 0.3) is 0 Å². The van der Waals surface area contributed by atoms with Gasteiger partial charge in [-0.15, -0.1) is 0 Å². The van der Waals surface area contributed by atoms with Gasteiger partial charge in [-0.1, -0.05) is 11.6 Å². The van der Waals surface area contributed by atoms with Crippen molar-refractivity contribution in [3.63, 3.8) is 0 Å². The van der Waals surface area contributed by atoms with Crippen LogP contribution in [0.1, 0.15) is 10.4 Å². The molecule has 7 heteroatoms. The Balaban J connectivity index is 2.28. The average Bonchev–Trinajstić information content (AvgIpc) is 2.30. The topological polar surface area (TPSA) is 68.0 Å². The van der Waals surface area contributed by atoms with Gasteiger partial charge < -0.3 is 11.1 Å². The summed E-state index contributed by atoms with van der Waals surface area (Å²) in [5.41, 5.74) is 5.74. The lowest BCUT2D eigenvalue weighted by Crippen LogP contribution is -2.14. The highest BCUT2D eigenvalue weighted by atomic mass is 35.5. The summed E-state index contributed by atoms with van der Waals surface area (Å²) >= 11 is 5.65. The van der Waals surface area contributed by atoms with Crippen molar-refractivity contribution >= 4 is 28.9 Å². The minimum atomic E-state index is -0.795. The highest BCUT2D eigenvalue weighted by molar-refractivity contribution is 6.30. The normalized spacial score (nSPS) is 10.3. The minimum absolute atomic E-state index is 0.0187. The number of carbonyl (C=O) groups is 1. The van der Waals surface area contributed by atoms with E-state index in [1.165, 1.54) is 12.3 Å². The molecule has 19 heavy (non-hydrogen) atoms. The van der Waals surface area contributed by atoms with Crippen molar-refractivity contribution in [2.24, 2.45) is 0 Å². The lowest BCUT2D eigenvalue weighted by Gasteiger charge is -2.07. The van der Waals surface area contributed by atoms with Gasteiger partial charge in [0.25, 0.3) is 5.91 Å². The highest BCUT2D eigenvalue weighted by Crippen LogP contribution is 2.18. The monoisotopic (exact) mass is 283 g/mol. The van der Waals surface area contributed by atoms with Gasteiger partial charge in [-0.05, 0) is 18.2 Å². The predicted molar refractivity (Wildman–Crippen MR) is 68.0 cm³/mol. The van der Waals surface area contributed by atoms with Crippen LogP contribution in [-0.2, 0) is 0 Å². The number of aromatic nitrogens is 1. The summed E-state index contributed by atoms with van der Waals surface area (Å²) in [5.74, 6) is -2.22. The molecule has 0 aliphatic carbocycles. The summed E-state index contributed by atoms with van der Waals surface area (Å²) in [7, 11) is 0. The fraction of sp³-hybridized carbons (Fsp3) is 0. The summed E-state index contributed by atoms with van der Waals surface area (Å²) in [6, 6.07) is 3.94. The Hall–Kier alpha value is -2.21. The number of anilines is 2. The van der Waals surface area contributed by atoms with Crippen molar-refractivity contribution in [2.45, 2.75) is 0 Å².